The lowest BCUT2D eigenvalue weighted by Gasteiger charge is -2.27. The van der Waals surface area contributed by atoms with E-state index in [1.165, 1.54) is 11.1 Å². The maximum atomic E-state index is 10.3. The molecule has 0 radical (unpaired) electrons. The summed E-state index contributed by atoms with van der Waals surface area (Å²) in [4.78, 5) is 6.26. The second kappa shape index (κ2) is 8.56. The molecule has 6 nitrogen and oxygen atoms in total. The van der Waals surface area contributed by atoms with E-state index in [2.05, 4.69) is 34.4 Å². The molecule has 6 heteroatoms. The first-order valence-corrected chi connectivity index (χ1v) is 9.03. The molecule has 0 spiro atoms. The molecule has 3 rings (SSSR count). The van der Waals surface area contributed by atoms with Gasteiger partial charge in [-0.3, -0.25) is 4.90 Å². The van der Waals surface area contributed by atoms with Gasteiger partial charge >= 0.3 is 0 Å². The summed E-state index contributed by atoms with van der Waals surface area (Å²) in [7, 11) is 1.93. The van der Waals surface area contributed by atoms with Crippen LogP contribution in [0.1, 0.15) is 48.7 Å². The molecule has 1 aliphatic carbocycles. The minimum absolute atomic E-state index is 0.0907. The number of rotatable bonds is 8. The number of aliphatic hydroxyl groups excluding tert-OH is 1. The quantitative estimate of drug-likeness (QED) is 0.793. The van der Waals surface area contributed by atoms with Crippen LogP contribution in [0, 0.1) is 0 Å². The first-order valence-electron chi connectivity index (χ1n) is 9.03. The van der Waals surface area contributed by atoms with Crippen molar-refractivity contribution in [1.29, 1.82) is 0 Å². The van der Waals surface area contributed by atoms with Gasteiger partial charge in [-0.25, -0.2) is 0 Å². The van der Waals surface area contributed by atoms with Crippen LogP contribution in [0.2, 0.25) is 0 Å². The van der Waals surface area contributed by atoms with Gasteiger partial charge in [0.05, 0.1) is 25.4 Å². The van der Waals surface area contributed by atoms with Gasteiger partial charge in [0.25, 0.3) is 0 Å². The fraction of sp³-hybridized carbons (Fsp3) is 0.579. The number of hydrogen-bond donors (Lipinski definition) is 1. The molecular formula is C19H27N3O3. The van der Waals surface area contributed by atoms with E-state index in [0.29, 0.717) is 31.4 Å². The molecule has 1 aromatic carbocycles. The van der Waals surface area contributed by atoms with Crippen molar-refractivity contribution in [2.75, 3.05) is 20.2 Å². The van der Waals surface area contributed by atoms with Gasteiger partial charge in [0.1, 0.15) is 0 Å². The van der Waals surface area contributed by atoms with E-state index in [4.69, 9.17) is 9.26 Å². The summed E-state index contributed by atoms with van der Waals surface area (Å²) < 4.78 is 11.2. The molecule has 0 saturated carbocycles. The van der Waals surface area contributed by atoms with Gasteiger partial charge in [0.2, 0.25) is 5.89 Å². The molecule has 2 atom stereocenters. The van der Waals surface area contributed by atoms with Crippen molar-refractivity contribution in [2.24, 2.45) is 0 Å². The second-order valence-electron chi connectivity index (χ2n) is 6.72. The predicted octanol–water partition coefficient (Wildman–Crippen LogP) is 2.52. The Morgan fingerprint density at radius 2 is 2.24 bits per heavy atom. The third-order valence-electron chi connectivity index (χ3n) is 4.56. The lowest BCUT2D eigenvalue weighted by atomic mass is 9.89. The molecule has 136 valence electrons. The Kier molecular flexibility index (Phi) is 6.18. The van der Waals surface area contributed by atoms with E-state index in [-0.39, 0.29) is 6.10 Å². The van der Waals surface area contributed by atoms with E-state index in [9.17, 15) is 5.11 Å². The molecule has 1 aromatic heterocycles. The molecule has 2 aromatic rings. The number of aromatic nitrogens is 2. The van der Waals surface area contributed by atoms with Crippen LogP contribution in [0.25, 0.3) is 0 Å². The number of aryl methyl sites for hydroxylation is 2. The maximum Gasteiger partial charge on any atom is 0.240 e. The van der Waals surface area contributed by atoms with Crippen molar-refractivity contribution < 1.29 is 14.4 Å². The number of benzene rings is 1. The normalized spacial score (nSPS) is 18.3. The highest BCUT2D eigenvalue weighted by atomic mass is 16.5. The van der Waals surface area contributed by atoms with E-state index in [1.54, 1.807) is 0 Å². The maximum absolute atomic E-state index is 10.3. The molecule has 1 N–H and O–H groups in total. The van der Waals surface area contributed by atoms with E-state index >= 15 is 0 Å². The Morgan fingerprint density at radius 1 is 1.40 bits per heavy atom. The Morgan fingerprint density at radius 3 is 3.04 bits per heavy atom. The van der Waals surface area contributed by atoms with Gasteiger partial charge in [0.15, 0.2) is 5.82 Å². The van der Waals surface area contributed by atoms with Crippen molar-refractivity contribution in [3.05, 3.63) is 47.1 Å². The number of ether oxygens (including phenoxy) is 1. The van der Waals surface area contributed by atoms with Gasteiger partial charge < -0.3 is 14.4 Å². The largest absolute Gasteiger partial charge is 0.389 e. The van der Waals surface area contributed by atoms with Crippen LogP contribution in [-0.2, 0) is 24.1 Å². The molecule has 1 heterocycles. The average molecular weight is 345 g/mol. The van der Waals surface area contributed by atoms with Crippen LogP contribution in [-0.4, -0.2) is 46.5 Å². The van der Waals surface area contributed by atoms with Gasteiger partial charge in [-0.15, -0.1) is 0 Å². The van der Waals surface area contributed by atoms with Crippen molar-refractivity contribution in [1.82, 2.24) is 15.0 Å². The minimum atomic E-state index is -0.548. The van der Waals surface area contributed by atoms with Gasteiger partial charge in [0, 0.05) is 13.0 Å². The van der Waals surface area contributed by atoms with Crippen LogP contribution in [0.3, 0.4) is 0 Å². The molecule has 1 aliphatic rings. The van der Waals surface area contributed by atoms with E-state index in [1.807, 2.05) is 18.9 Å². The summed E-state index contributed by atoms with van der Waals surface area (Å²) in [6.07, 6.45) is 3.56. The van der Waals surface area contributed by atoms with Crippen molar-refractivity contribution in [3.8, 4) is 0 Å². The predicted molar refractivity (Wildman–Crippen MR) is 94.1 cm³/mol. The van der Waals surface area contributed by atoms with E-state index < -0.39 is 6.10 Å². The highest BCUT2D eigenvalue weighted by Gasteiger charge is 2.21. The number of hydrogen-bond acceptors (Lipinski definition) is 6. The highest BCUT2D eigenvalue weighted by molar-refractivity contribution is 5.31. The van der Waals surface area contributed by atoms with Crippen molar-refractivity contribution in [2.45, 2.75) is 51.4 Å². The Hall–Kier alpha value is -1.76. The van der Waals surface area contributed by atoms with Gasteiger partial charge in [-0.05, 0) is 37.4 Å². The number of nitrogens with zero attached hydrogens (tertiary/aromatic N) is 3. The summed E-state index contributed by atoms with van der Waals surface area (Å²) in [5.74, 6) is 1.29. The summed E-state index contributed by atoms with van der Waals surface area (Å²) >= 11 is 0. The van der Waals surface area contributed by atoms with Crippen LogP contribution in [0.4, 0.5) is 0 Å². The van der Waals surface area contributed by atoms with Crippen molar-refractivity contribution in [3.63, 3.8) is 0 Å². The molecule has 2 unspecified atom stereocenters. The van der Waals surface area contributed by atoms with Gasteiger partial charge in [-0.1, -0.05) is 36.3 Å². The molecular weight excluding hydrogens is 318 g/mol. The number of likely N-dealkylation sites (N-methyl/N-ethyl adjacent to an activating group) is 1. The van der Waals surface area contributed by atoms with E-state index in [0.717, 1.165) is 25.7 Å². The first kappa shape index (κ1) is 18.0. The lowest BCUT2D eigenvalue weighted by Crippen LogP contribution is -2.32. The summed E-state index contributed by atoms with van der Waals surface area (Å²) in [6.45, 7) is 3.34. The highest BCUT2D eigenvalue weighted by Crippen LogP contribution is 2.32. The third-order valence-corrected chi connectivity index (χ3v) is 4.56. The first-order chi connectivity index (χ1) is 12.2. The summed E-state index contributed by atoms with van der Waals surface area (Å²) in [5.41, 5.74) is 2.64. The lowest BCUT2D eigenvalue weighted by molar-refractivity contribution is -0.0271. The number of aliphatic hydroxyl groups is 1. The number of fused-ring (bicyclic) bond motifs is 1. The van der Waals surface area contributed by atoms with Crippen LogP contribution < -0.4 is 0 Å². The Labute approximate surface area is 148 Å². The Bertz CT molecular complexity index is 673. The zero-order valence-corrected chi connectivity index (χ0v) is 15.0. The second-order valence-corrected chi connectivity index (χ2v) is 6.72. The Balaban J connectivity index is 1.46. The molecule has 0 aliphatic heterocycles. The smallest absolute Gasteiger partial charge is 0.240 e. The van der Waals surface area contributed by atoms with Crippen LogP contribution in [0.5, 0.6) is 0 Å². The monoisotopic (exact) mass is 345 g/mol. The van der Waals surface area contributed by atoms with Crippen molar-refractivity contribution >= 4 is 0 Å². The zero-order chi connectivity index (χ0) is 17.6. The fourth-order valence-corrected chi connectivity index (χ4v) is 3.32. The summed E-state index contributed by atoms with van der Waals surface area (Å²) in [6, 6.07) is 8.44. The van der Waals surface area contributed by atoms with Crippen LogP contribution in [0.15, 0.2) is 28.8 Å². The molecule has 0 amide bonds. The topological polar surface area (TPSA) is 71.6 Å². The fourth-order valence-electron chi connectivity index (χ4n) is 3.32. The zero-order valence-electron chi connectivity index (χ0n) is 15.0. The average Bonchev–Trinajstić information content (AvgIpc) is 3.07. The minimum Gasteiger partial charge on any atom is -0.389 e. The molecule has 0 bridgehead atoms. The molecule has 25 heavy (non-hydrogen) atoms. The molecule has 0 saturated heterocycles. The summed E-state index contributed by atoms with van der Waals surface area (Å²) in [5, 5.41) is 14.2. The SMILES string of the molecule is CCc1noc(CN(C)CC(O)COC2CCCc3ccccc32)n1. The standard InChI is InChI=1S/C19H27N3O3/c1-3-18-20-19(25-21-18)12-22(2)11-15(23)13-24-17-10-6-8-14-7-4-5-9-16(14)17/h4-5,7,9,15,17,23H,3,6,8,10-13H2,1-2H3. The van der Waals surface area contributed by atoms with Crippen LogP contribution >= 0.6 is 0 Å². The molecule has 0 fully saturated rings. The van der Waals surface area contributed by atoms with Gasteiger partial charge in [-0.2, -0.15) is 4.98 Å². The third kappa shape index (κ3) is 4.87.